The molecule has 2 aromatic rings. The number of anilines is 1. The SMILES string of the molecule is FC(F)(F)c1cccc(NN=Cc2ccncc2)c1. The van der Waals surface area contributed by atoms with Gasteiger partial charge in [0.25, 0.3) is 0 Å². The molecular formula is C13H10F3N3. The van der Waals surface area contributed by atoms with Crippen molar-refractivity contribution < 1.29 is 13.2 Å². The van der Waals surface area contributed by atoms with E-state index in [0.29, 0.717) is 0 Å². The predicted molar refractivity (Wildman–Crippen MR) is 66.9 cm³/mol. The van der Waals surface area contributed by atoms with Gasteiger partial charge >= 0.3 is 6.18 Å². The molecule has 0 aliphatic rings. The summed E-state index contributed by atoms with van der Waals surface area (Å²) in [7, 11) is 0. The molecule has 0 radical (unpaired) electrons. The van der Waals surface area contributed by atoms with Crippen molar-refractivity contribution in [1.82, 2.24) is 4.98 Å². The summed E-state index contributed by atoms with van der Waals surface area (Å²) in [6, 6.07) is 8.32. The van der Waals surface area contributed by atoms with Crippen molar-refractivity contribution in [3.05, 3.63) is 59.9 Å². The van der Waals surface area contributed by atoms with Crippen molar-refractivity contribution in [2.24, 2.45) is 5.10 Å². The zero-order valence-corrected chi connectivity index (χ0v) is 9.72. The third-order valence-corrected chi connectivity index (χ3v) is 2.30. The number of benzene rings is 1. The molecule has 0 saturated heterocycles. The van der Waals surface area contributed by atoms with Crippen molar-refractivity contribution in [3.63, 3.8) is 0 Å². The summed E-state index contributed by atoms with van der Waals surface area (Å²) in [4.78, 5) is 3.84. The molecule has 1 N–H and O–H groups in total. The fourth-order valence-electron chi connectivity index (χ4n) is 1.40. The Hall–Kier alpha value is -2.37. The van der Waals surface area contributed by atoms with E-state index in [2.05, 4.69) is 15.5 Å². The maximum Gasteiger partial charge on any atom is 0.416 e. The number of nitrogens with one attached hydrogen (secondary N) is 1. The molecule has 0 atom stereocenters. The average Bonchev–Trinajstić information content (AvgIpc) is 2.39. The van der Waals surface area contributed by atoms with E-state index in [1.54, 1.807) is 24.5 Å². The first-order valence-corrected chi connectivity index (χ1v) is 5.42. The number of hydrogen-bond acceptors (Lipinski definition) is 3. The number of nitrogens with zero attached hydrogens (tertiary/aromatic N) is 2. The molecule has 1 aromatic heterocycles. The first-order chi connectivity index (χ1) is 9.05. The largest absolute Gasteiger partial charge is 0.416 e. The second-order valence-corrected chi connectivity index (χ2v) is 3.73. The zero-order valence-electron chi connectivity index (χ0n) is 9.72. The van der Waals surface area contributed by atoms with E-state index in [4.69, 9.17) is 0 Å². The van der Waals surface area contributed by atoms with Crippen LogP contribution in [-0.4, -0.2) is 11.2 Å². The van der Waals surface area contributed by atoms with Gasteiger partial charge in [-0.25, -0.2) is 0 Å². The lowest BCUT2D eigenvalue weighted by molar-refractivity contribution is -0.137. The van der Waals surface area contributed by atoms with Gasteiger partial charge in [-0.1, -0.05) is 6.07 Å². The van der Waals surface area contributed by atoms with E-state index in [-0.39, 0.29) is 5.69 Å². The number of rotatable bonds is 3. The minimum Gasteiger partial charge on any atom is -0.278 e. The molecule has 98 valence electrons. The van der Waals surface area contributed by atoms with Crippen LogP contribution in [0.4, 0.5) is 18.9 Å². The molecule has 0 spiro atoms. The molecule has 0 unspecified atom stereocenters. The molecule has 0 aliphatic carbocycles. The molecule has 0 saturated carbocycles. The van der Waals surface area contributed by atoms with E-state index in [9.17, 15) is 13.2 Å². The van der Waals surface area contributed by atoms with Gasteiger partial charge in [0.15, 0.2) is 0 Å². The Kier molecular flexibility index (Phi) is 3.79. The standard InChI is InChI=1S/C13H10F3N3/c14-13(15,16)11-2-1-3-12(8-11)19-18-9-10-4-6-17-7-5-10/h1-9,19H. The molecule has 0 fully saturated rings. The lowest BCUT2D eigenvalue weighted by Crippen LogP contribution is -2.05. The third-order valence-electron chi connectivity index (χ3n) is 2.30. The maximum atomic E-state index is 12.5. The van der Waals surface area contributed by atoms with E-state index in [1.807, 2.05) is 0 Å². The fourth-order valence-corrected chi connectivity index (χ4v) is 1.40. The monoisotopic (exact) mass is 265 g/mol. The molecule has 1 heterocycles. The Labute approximate surface area is 107 Å². The Morgan fingerprint density at radius 3 is 2.53 bits per heavy atom. The van der Waals surface area contributed by atoms with Crippen LogP contribution in [0.25, 0.3) is 0 Å². The third kappa shape index (κ3) is 3.80. The topological polar surface area (TPSA) is 37.3 Å². The van der Waals surface area contributed by atoms with E-state index < -0.39 is 11.7 Å². The summed E-state index contributed by atoms with van der Waals surface area (Å²) in [5.74, 6) is 0. The first kappa shape index (κ1) is 13.1. The number of alkyl halides is 3. The van der Waals surface area contributed by atoms with Crippen molar-refractivity contribution >= 4 is 11.9 Å². The van der Waals surface area contributed by atoms with Crippen LogP contribution in [0.1, 0.15) is 11.1 Å². The van der Waals surface area contributed by atoms with Crippen LogP contribution in [0.5, 0.6) is 0 Å². The second-order valence-electron chi connectivity index (χ2n) is 3.73. The van der Waals surface area contributed by atoms with Gasteiger partial charge in [-0.3, -0.25) is 10.4 Å². The van der Waals surface area contributed by atoms with Crippen LogP contribution in [-0.2, 0) is 6.18 Å². The molecule has 3 nitrogen and oxygen atoms in total. The maximum absolute atomic E-state index is 12.5. The van der Waals surface area contributed by atoms with Gasteiger partial charge in [-0.2, -0.15) is 18.3 Å². The molecule has 6 heteroatoms. The van der Waals surface area contributed by atoms with Gasteiger partial charge in [-0.15, -0.1) is 0 Å². The normalized spacial score (nSPS) is 11.7. The summed E-state index contributed by atoms with van der Waals surface area (Å²) in [6.07, 6.45) is 0.353. The molecule has 0 bridgehead atoms. The molecular weight excluding hydrogens is 255 g/mol. The minimum atomic E-state index is -4.35. The summed E-state index contributed by atoms with van der Waals surface area (Å²) in [5.41, 5.74) is 2.92. The summed E-state index contributed by atoms with van der Waals surface area (Å²) < 4.78 is 37.4. The number of hydrazone groups is 1. The highest BCUT2D eigenvalue weighted by Gasteiger charge is 2.30. The van der Waals surface area contributed by atoms with Crippen LogP contribution in [0, 0.1) is 0 Å². The molecule has 0 aliphatic heterocycles. The lowest BCUT2D eigenvalue weighted by Gasteiger charge is -2.07. The Balaban J connectivity index is 2.06. The average molecular weight is 265 g/mol. The van der Waals surface area contributed by atoms with Gasteiger partial charge in [0.2, 0.25) is 0 Å². The first-order valence-electron chi connectivity index (χ1n) is 5.42. The van der Waals surface area contributed by atoms with Crippen LogP contribution in [0.2, 0.25) is 0 Å². The second kappa shape index (κ2) is 5.51. The molecule has 0 amide bonds. The van der Waals surface area contributed by atoms with Crippen LogP contribution in [0.15, 0.2) is 53.9 Å². The summed E-state index contributed by atoms with van der Waals surface area (Å²) in [5, 5.41) is 3.86. The van der Waals surface area contributed by atoms with Gasteiger partial charge < -0.3 is 0 Å². The molecule has 19 heavy (non-hydrogen) atoms. The van der Waals surface area contributed by atoms with Crippen LogP contribution >= 0.6 is 0 Å². The van der Waals surface area contributed by atoms with Crippen molar-refractivity contribution in [3.8, 4) is 0 Å². The van der Waals surface area contributed by atoms with Gasteiger partial charge in [0.1, 0.15) is 0 Å². The Morgan fingerprint density at radius 1 is 1.11 bits per heavy atom. The number of hydrogen-bond donors (Lipinski definition) is 1. The van der Waals surface area contributed by atoms with Crippen molar-refractivity contribution in [2.45, 2.75) is 6.18 Å². The predicted octanol–water partition coefficient (Wildman–Crippen LogP) is 3.55. The van der Waals surface area contributed by atoms with Gasteiger partial charge in [0, 0.05) is 12.4 Å². The summed E-state index contributed by atoms with van der Waals surface area (Å²) in [6.45, 7) is 0. The Bertz CT molecular complexity index is 565. The highest BCUT2D eigenvalue weighted by Crippen LogP contribution is 2.30. The van der Waals surface area contributed by atoms with Crippen molar-refractivity contribution in [1.29, 1.82) is 0 Å². The quantitative estimate of drug-likeness (QED) is 0.680. The van der Waals surface area contributed by atoms with Crippen LogP contribution < -0.4 is 5.43 Å². The minimum absolute atomic E-state index is 0.278. The zero-order chi connectivity index (χ0) is 13.7. The van der Waals surface area contributed by atoms with E-state index >= 15 is 0 Å². The highest BCUT2D eigenvalue weighted by molar-refractivity contribution is 5.79. The highest BCUT2D eigenvalue weighted by atomic mass is 19.4. The fraction of sp³-hybridized carbons (Fsp3) is 0.0769. The molecule has 1 aromatic carbocycles. The molecule has 2 rings (SSSR count). The van der Waals surface area contributed by atoms with E-state index in [0.717, 1.165) is 17.7 Å². The van der Waals surface area contributed by atoms with Gasteiger partial charge in [0.05, 0.1) is 17.5 Å². The number of aromatic nitrogens is 1. The lowest BCUT2D eigenvalue weighted by atomic mass is 10.2. The smallest absolute Gasteiger partial charge is 0.278 e. The Morgan fingerprint density at radius 2 is 1.84 bits per heavy atom. The number of pyridine rings is 1. The summed E-state index contributed by atoms with van der Waals surface area (Å²) >= 11 is 0. The van der Waals surface area contributed by atoms with Gasteiger partial charge in [-0.05, 0) is 35.9 Å². The van der Waals surface area contributed by atoms with E-state index in [1.165, 1.54) is 18.3 Å². The van der Waals surface area contributed by atoms with Crippen LogP contribution in [0.3, 0.4) is 0 Å². The van der Waals surface area contributed by atoms with Crippen molar-refractivity contribution in [2.75, 3.05) is 5.43 Å². The number of halogens is 3.